The van der Waals surface area contributed by atoms with Gasteiger partial charge in [0.25, 0.3) is 0 Å². The van der Waals surface area contributed by atoms with Crippen molar-refractivity contribution < 1.29 is 23.8 Å². The summed E-state index contributed by atoms with van der Waals surface area (Å²) in [5.74, 6) is -0.644. The number of thiocarbonyl (C=S) groups is 1. The fourth-order valence-corrected chi connectivity index (χ4v) is 2.18. The Labute approximate surface area is 143 Å². The number of carbonyl (C=O) groups excluding carboxylic acids is 1. The van der Waals surface area contributed by atoms with Crippen molar-refractivity contribution in [2.24, 2.45) is 0 Å². The molecule has 0 aliphatic heterocycles. The number of benzene rings is 1. The molecule has 0 bridgehead atoms. The van der Waals surface area contributed by atoms with Gasteiger partial charge in [0.1, 0.15) is 11.5 Å². The van der Waals surface area contributed by atoms with Crippen LogP contribution in [0.15, 0.2) is 34.7 Å². The quantitative estimate of drug-likeness (QED) is 0.714. The van der Waals surface area contributed by atoms with Crippen LogP contribution in [-0.2, 0) is 4.79 Å². The zero-order chi connectivity index (χ0) is 17.7. The standard InChI is InChI=1S/C16H16N2O5S/c1-3-14(19)18-16(24)17-9-4-5-10(13(8-9)22-2)11-6-7-12(23-11)15(20)21/h4-8H,3H2,1-2H3,(H,20,21)(H2,17,18,19,24). The summed E-state index contributed by atoms with van der Waals surface area (Å²) < 4.78 is 10.6. The molecule has 0 aliphatic carbocycles. The second-order valence-electron chi connectivity index (χ2n) is 4.74. The van der Waals surface area contributed by atoms with E-state index in [2.05, 4.69) is 10.6 Å². The zero-order valence-corrected chi connectivity index (χ0v) is 13.9. The van der Waals surface area contributed by atoms with Crippen LogP contribution in [0, 0.1) is 0 Å². The molecule has 0 radical (unpaired) electrons. The third-order valence-electron chi connectivity index (χ3n) is 3.12. The number of nitrogens with one attached hydrogen (secondary N) is 2. The molecule has 1 aromatic carbocycles. The maximum absolute atomic E-state index is 11.3. The number of methoxy groups -OCH3 is 1. The highest BCUT2D eigenvalue weighted by Gasteiger charge is 2.14. The van der Waals surface area contributed by atoms with Gasteiger partial charge in [-0.1, -0.05) is 6.92 Å². The van der Waals surface area contributed by atoms with Crippen molar-refractivity contribution in [3.8, 4) is 17.1 Å². The number of rotatable bonds is 5. The molecule has 1 aromatic heterocycles. The van der Waals surface area contributed by atoms with Crippen LogP contribution >= 0.6 is 12.2 Å². The van der Waals surface area contributed by atoms with Crippen LogP contribution in [-0.4, -0.2) is 29.2 Å². The van der Waals surface area contributed by atoms with Crippen molar-refractivity contribution >= 4 is 34.9 Å². The van der Waals surface area contributed by atoms with Crippen LogP contribution in [0.2, 0.25) is 0 Å². The van der Waals surface area contributed by atoms with E-state index in [1.54, 1.807) is 31.2 Å². The molecule has 0 saturated carbocycles. The first-order chi connectivity index (χ1) is 11.4. The average Bonchev–Trinajstić information content (AvgIpc) is 3.04. The molecule has 0 saturated heterocycles. The normalized spacial score (nSPS) is 10.1. The Morgan fingerprint density at radius 1 is 1.29 bits per heavy atom. The van der Waals surface area contributed by atoms with Crippen molar-refractivity contribution in [2.45, 2.75) is 13.3 Å². The van der Waals surface area contributed by atoms with E-state index in [4.69, 9.17) is 26.5 Å². The van der Waals surface area contributed by atoms with Crippen molar-refractivity contribution in [2.75, 3.05) is 12.4 Å². The number of carboxylic acid groups (broad SMARTS) is 1. The molecular weight excluding hydrogens is 332 g/mol. The largest absolute Gasteiger partial charge is 0.496 e. The topological polar surface area (TPSA) is 101 Å². The van der Waals surface area contributed by atoms with Gasteiger partial charge in [-0.2, -0.15) is 0 Å². The summed E-state index contributed by atoms with van der Waals surface area (Å²) in [6.45, 7) is 1.73. The molecule has 0 unspecified atom stereocenters. The SMILES string of the molecule is CCC(=O)NC(=S)Nc1ccc(-c2ccc(C(=O)O)o2)c(OC)c1. The Balaban J connectivity index is 2.22. The van der Waals surface area contributed by atoms with E-state index in [-0.39, 0.29) is 16.8 Å². The molecule has 0 fully saturated rings. The van der Waals surface area contributed by atoms with Crippen LogP contribution in [0.5, 0.6) is 5.75 Å². The van der Waals surface area contributed by atoms with Gasteiger partial charge in [-0.05, 0) is 36.5 Å². The van der Waals surface area contributed by atoms with Gasteiger partial charge in [-0.25, -0.2) is 4.79 Å². The fraction of sp³-hybridized carbons (Fsp3) is 0.188. The summed E-state index contributed by atoms with van der Waals surface area (Å²) in [5, 5.41) is 14.5. The molecular formula is C16H16N2O5S. The van der Waals surface area contributed by atoms with Gasteiger partial charge in [0.05, 0.1) is 12.7 Å². The van der Waals surface area contributed by atoms with E-state index in [0.29, 0.717) is 29.2 Å². The highest BCUT2D eigenvalue weighted by atomic mass is 32.1. The van der Waals surface area contributed by atoms with Crippen LogP contribution in [0.1, 0.15) is 23.9 Å². The molecule has 8 heteroatoms. The molecule has 2 aromatic rings. The first kappa shape index (κ1) is 17.5. The minimum absolute atomic E-state index is 0.155. The summed E-state index contributed by atoms with van der Waals surface area (Å²) in [7, 11) is 1.49. The fourth-order valence-electron chi connectivity index (χ4n) is 1.95. The smallest absolute Gasteiger partial charge is 0.371 e. The second kappa shape index (κ2) is 7.60. The number of ether oxygens (including phenoxy) is 1. The number of carboxylic acids is 1. The molecule has 0 aliphatic rings. The van der Waals surface area contributed by atoms with Gasteiger partial charge >= 0.3 is 5.97 Å². The van der Waals surface area contributed by atoms with Gasteiger partial charge < -0.3 is 24.9 Å². The molecule has 24 heavy (non-hydrogen) atoms. The number of furan rings is 1. The van der Waals surface area contributed by atoms with Crippen molar-refractivity contribution in [1.29, 1.82) is 0 Å². The van der Waals surface area contributed by atoms with Gasteiger partial charge in [-0.3, -0.25) is 4.79 Å². The number of hydrogen-bond donors (Lipinski definition) is 3. The molecule has 7 nitrogen and oxygen atoms in total. The highest BCUT2D eigenvalue weighted by molar-refractivity contribution is 7.80. The molecule has 2 rings (SSSR count). The first-order valence-corrected chi connectivity index (χ1v) is 7.47. The summed E-state index contributed by atoms with van der Waals surface area (Å²) >= 11 is 5.05. The maximum Gasteiger partial charge on any atom is 0.371 e. The Kier molecular flexibility index (Phi) is 5.54. The van der Waals surface area contributed by atoms with Crippen LogP contribution < -0.4 is 15.4 Å². The Morgan fingerprint density at radius 3 is 2.62 bits per heavy atom. The van der Waals surface area contributed by atoms with E-state index < -0.39 is 5.97 Å². The Hall–Kier alpha value is -2.87. The van der Waals surface area contributed by atoms with E-state index in [1.165, 1.54) is 13.2 Å². The number of anilines is 1. The lowest BCUT2D eigenvalue weighted by Gasteiger charge is -2.12. The lowest BCUT2D eigenvalue weighted by molar-refractivity contribution is -0.119. The van der Waals surface area contributed by atoms with Gasteiger partial charge in [-0.15, -0.1) is 0 Å². The lowest BCUT2D eigenvalue weighted by Crippen LogP contribution is -2.33. The maximum atomic E-state index is 11.3. The van der Waals surface area contributed by atoms with E-state index in [9.17, 15) is 9.59 Å². The van der Waals surface area contributed by atoms with Crippen molar-refractivity contribution in [3.05, 3.63) is 36.1 Å². The van der Waals surface area contributed by atoms with Gasteiger partial charge in [0.2, 0.25) is 11.7 Å². The number of carbonyl (C=O) groups is 2. The monoisotopic (exact) mass is 348 g/mol. The molecule has 1 heterocycles. The average molecular weight is 348 g/mol. The lowest BCUT2D eigenvalue weighted by atomic mass is 10.1. The van der Waals surface area contributed by atoms with Crippen molar-refractivity contribution in [1.82, 2.24) is 5.32 Å². The van der Waals surface area contributed by atoms with Crippen LogP contribution in [0.3, 0.4) is 0 Å². The predicted octanol–water partition coefficient (Wildman–Crippen LogP) is 2.88. The Bertz CT molecular complexity index is 785. The molecule has 3 N–H and O–H groups in total. The molecule has 126 valence electrons. The summed E-state index contributed by atoms with van der Waals surface area (Å²) in [6, 6.07) is 8.02. The van der Waals surface area contributed by atoms with E-state index in [0.717, 1.165) is 0 Å². The minimum atomic E-state index is -1.14. The first-order valence-electron chi connectivity index (χ1n) is 7.07. The Morgan fingerprint density at radius 2 is 2.04 bits per heavy atom. The minimum Gasteiger partial charge on any atom is -0.496 e. The molecule has 1 amide bonds. The van der Waals surface area contributed by atoms with E-state index >= 15 is 0 Å². The number of hydrogen-bond acceptors (Lipinski definition) is 5. The summed E-state index contributed by atoms with van der Waals surface area (Å²) in [5.41, 5.74) is 1.21. The zero-order valence-electron chi connectivity index (χ0n) is 13.1. The number of amides is 1. The van der Waals surface area contributed by atoms with Crippen LogP contribution in [0.4, 0.5) is 5.69 Å². The van der Waals surface area contributed by atoms with E-state index in [1.807, 2.05) is 0 Å². The number of aromatic carboxylic acids is 1. The third-order valence-corrected chi connectivity index (χ3v) is 3.32. The van der Waals surface area contributed by atoms with Crippen LogP contribution in [0.25, 0.3) is 11.3 Å². The second-order valence-corrected chi connectivity index (χ2v) is 5.15. The summed E-state index contributed by atoms with van der Waals surface area (Å²) in [6.07, 6.45) is 0.328. The van der Waals surface area contributed by atoms with Gasteiger partial charge in [0, 0.05) is 18.2 Å². The summed E-state index contributed by atoms with van der Waals surface area (Å²) in [4.78, 5) is 22.2. The highest BCUT2D eigenvalue weighted by Crippen LogP contribution is 2.33. The predicted molar refractivity (Wildman–Crippen MR) is 92.3 cm³/mol. The molecule has 0 spiro atoms. The third kappa shape index (κ3) is 4.11. The molecule has 0 atom stereocenters. The van der Waals surface area contributed by atoms with Gasteiger partial charge in [0.15, 0.2) is 5.11 Å². The van der Waals surface area contributed by atoms with Crippen molar-refractivity contribution in [3.63, 3.8) is 0 Å².